The van der Waals surface area contributed by atoms with Crippen LogP contribution in [0.4, 0.5) is 0 Å². The second kappa shape index (κ2) is 9.04. The average Bonchev–Trinajstić information content (AvgIpc) is 2.60. The highest BCUT2D eigenvalue weighted by atomic mass is 16.6. The fraction of sp³-hybridized carbons (Fsp3) is 0.333. The lowest BCUT2D eigenvalue weighted by Crippen LogP contribution is -2.38. The molecule has 26 heavy (non-hydrogen) atoms. The molecule has 0 spiro atoms. The summed E-state index contributed by atoms with van der Waals surface area (Å²) in [5.41, 5.74) is 3.18. The number of esters is 1. The number of aryl methyl sites for hydroxylation is 2. The molecule has 2 atom stereocenters. The lowest BCUT2D eigenvalue weighted by molar-refractivity contribution is -0.160. The number of carbonyl (C=O) groups excluding carboxylic acids is 2. The third kappa shape index (κ3) is 5.92. The SMILES string of the molecule is Cc1ccc(CNC(=O)[C@H](C)OC(=O)[C@@H](C)Oc2cccc(C)c2)cc1. The van der Waals surface area contributed by atoms with Gasteiger partial charge >= 0.3 is 5.97 Å². The minimum Gasteiger partial charge on any atom is -0.479 e. The molecule has 138 valence electrons. The third-order valence-corrected chi connectivity index (χ3v) is 3.88. The quantitative estimate of drug-likeness (QED) is 0.774. The molecule has 0 aromatic heterocycles. The van der Waals surface area contributed by atoms with Gasteiger partial charge in [-0.2, -0.15) is 0 Å². The van der Waals surface area contributed by atoms with Crippen molar-refractivity contribution in [2.24, 2.45) is 0 Å². The summed E-state index contributed by atoms with van der Waals surface area (Å²) < 4.78 is 10.8. The average molecular weight is 355 g/mol. The van der Waals surface area contributed by atoms with E-state index >= 15 is 0 Å². The van der Waals surface area contributed by atoms with E-state index in [2.05, 4.69) is 5.32 Å². The molecule has 5 heteroatoms. The summed E-state index contributed by atoms with van der Waals surface area (Å²) in [7, 11) is 0. The number of nitrogens with one attached hydrogen (secondary N) is 1. The van der Waals surface area contributed by atoms with Gasteiger partial charge in [-0.1, -0.05) is 42.0 Å². The van der Waals surface area contributed by atoms with Gasteiger partial charge in [-0.05, 0) is 51.0 Å². The second-order valence-electron chi connectivity index (χ2n) is 6.36. The van der Waals surface area contributed by atoms with Crippen molar-refractivity contribution in [1.29, 1.82) is 0 Å². The van der Waals surface area contributed by atoms with E-state index in [-0.39, 0.29) is 5.91 Å². The van der Waals surface area contributed by atoms with Crippen molar-refractivity contribution in [2.45, 2.75) is 46.4 Å². The number of hydrogen-bond acceptors (Lipinski definition) is 4. The normalized spacial score (nSPS) is 12.8. The maximum atomic E-state index is 12.1. The second-order valence-corrected chi connectivity index (χ2v) is 6.36. The fourth-order valence-corrected chi connectivity index (χ4v) is 2.30. The molecular weight excluding hydrogens is 330 g/mol. The molecule has 0 bridgehead atoms. The smallest absolute Gasteiger partial charge is 0.347 e. The van der Waals surface area contributed by atoms with Crippen molar-refractivity contribution in [3.05, 3.63) is 65.2 Å². The monoisotopic (exact) mass is 355 g/mol. The predicted octanol–water partition coefficient (Wildman–Crippen LogP) is 3.32. The topological polar surface area (TPSA) is 64.6 Å². The Labute approximate surface area is 154 Å². The van der Waals surface area contributed by atoms with Crippen LogP contribution in [0, 0.1) is 13.8 Å². The van der Waals surface area contributed by atoms with Gasteiger partial charge in [-0.25, -0.2) is 4.79 Å². The zero-order valence-electron chi connectivity index (χ0n) is 15.6. The maximum absolute atomic E-state index is 12.1. The molecule has 1 N–H and O–H groups in total. The highest BCUT2D eigenvalue weighted by Crippen LogP contribution is 2.15. The van der Waals surface area contributed by atoms with Crippen molar-refractivity contribution in [2.75, 3.05) is 0 Å². The fourth-order valence-electron chi connectivity index (χ4n) is 2.30. The molecule has 0 heterocycles. The van der Waals surface area contributed by atoms with E-state index in [9.17, 15) is 9.59 Å². The largest absolute Gasteiger partial charge is 0.479 e. The van der Waals surface area contributed by atoms with Crippen molar-refractivity contribution in [3.8, 4) is 5.75 Å². The first-order valence-corrected chi connectivity index (χ1v) is 8.62. The standard InChI is InChI=1S/C21H25NO4/c1-14-8-10-18(11-9-14)13-22-20(23)16(3)26-21(24)17(4)25-19-7-5-6-15(2)12-19/h5-12,16-17H,13H2,1-4H3,(H,22,23)/t16-,17+/m0/s1. The van der Waals surface area contributed by atoms with Gasteiger partial charge in [0.15, 0.2) is 12.2 Å². The Kier molecular flexibility index (Phi) is 6.78. The minimum absolute atomic E-state index is 0.346. The predicted molar refractivity (Wildman–Crippen MR) is 99.8 cm³/mol. The van der Waals surface area contributed by atoms with Crippen LogP contribution in [0.3, 0.4) is 0 Å². The third-order valence-electron chi connectivity index (χ3n) is 3.88. The van der Waals surface area contributed by atoms with Crippen LogP contribution in [0.15, 0.2) is 48.5 Å². The molecule has 1 amide bonds. The number of rotatable bonds is 7. The molecule has 0 saturated heterocycles. The first kappa shape index (κ1) is 19.5. The van der Waals surface area contributed by atoms with Gasteiger partial charge in [0.2, 0.25) is 0 Å². The molecule has 2 aromatic rings. The summed E-state index contributed by atoms with van der Waals surface area (Å²) in [5.74, 6) is -0.336. The number of benzene rings is 2. The van der Waals surface area contributed by atoms with Crippen LogP contribution in [0.5, 0.6) is 5.75 Å². The zero-order chi connectivity index (χ0) is 19.1. The molecule has 0 aliphatic heterocycles. The summed E-state index contributed by atoms with van der Waals surface area (Å²) in [6.07, 6.45) is -1.69. The van der Waals surface area contributed by atoms with E-state index in [4.69, 9.17) is 9.47 Å². The van der Waals surface area contributed by atoms with Crippen LogP contribution in [-0.4, -0.2) is 24.1 Å². The van der Waals surface area contributed by atoms with Crippen LogP contribution in [0.2, 0.25) is 0 Å². The van der Waals surface area contributed by atoms with E-state index in [1.807, 2.05) is 56.3 Å². The lowest BCUT2D eigenvalue weighted by atomic mass is 10.1. The zero-order valence-corrected chi connectivity index (χ0v) is 15.6. The molecule has 0 aliphatic carbocycles. The van der Waals surface area contributed by atoms with Crippen LogP contribution in [0.25, 0.3) is 0 Å². The summed E-state index contributed by atoms with van der Waals surface area (Å²) >= 11 is 0. The van der Waals surface area contributed by atoms with Gasteiger partial charge in [-0.15, -0.1) is 0 Å². The van der Waals surface area contributed by atoms with Gasteiger partial charge in [0.05, 0.1) is 0 Å². The van der Waals surface area contributed by atoms with E-state index in [0.717, 1.165) is 16.7 Å². The van der Waals surface area contributed by atoms with Crippen molar-refractivity contribution in [3.63, 3.8) is 0 Å². The molecule has 2 aromatic carbocycles. The van der Waals surface area contributed by atoms with E-state index in [0.29, 0.717) is 12.3 Å². The molecule has 2 rings (SSSR count). The molecule has 0 unspecified atom stereocenters. The Hall–Kier alpha value is -2.82. The van der Waals surface area contributed by atoms with Gasteiger partial charge in [0, 0.05) is 6.54 Å². The minimum atomic E-state index is -0.892. The summed E-state index contributed by atoms with van der Waals surface area (Å²) in [6, 6.07) is 15.3. The molecule has 0 saturated carbocycles. The lowest BCUT2D eigenvalue weighted by Gasteiger charge is -2.18. The van der Waals surface area contributed by atoms with E-state index < -0.39 is 18.2 Å². The highest BCUT2D eigenvalue weighted by molar-refractivity contribution is 5.84. The van der Waals surface area contributed by atoms with Gasteiger partial charge in [0.25, 0.3) is 5.91 Å². The van der Waals surface area contributed by atoms with Crippen molar-refractivity contribution in [1.82, 2.24) is 5.32 Å². The van der Waals surface area contributed by atoms with Gasteiger partial charge < -0.3 is 14.8 Å². The van der Waals surface area contributed by atoms with Crippen molar-refractivity contribution >= 4 is 11.9 Å². The van der Waals surface area contributed by atoms with E-state index in [1.54, 1.807) is 19.9 Å². The first-order chi connectivity index (χ1) is 12.3. The van der Waals surface area contributed by atoms with E-state index in [1.165, 1.54) is 0 Å². The number of carbonyl (C=O) groups is 2. The molecule has 5 nitrogen and oxygen atoms in total. The summed E-state index contributed by atoms with van der Waals surface area (Å²) in [5, 5.41) is 2.76. The highest BCUT2D eigenvalue weighted by Gasteiger charge is 2.23. The Bertz CT molecular complexity index is 755. The Morgan fingerprint density at radius 3 is 2.31 bits per heavy atom. The molecule has 0 aliphatic rings. The van der Waals surface area contributed by atoms with Gasteiger partial charge in [0.1, 0.15) is 5.75 Å². The van der Waals surface area contributed by atoms with Gasteiger partial charge in [-0.3, -0.25) is 4.79 Å². The number of ether oxygens (including phenoxy) is 2. The van der Waals surface area contributed by atoms with Crippen LogP contribution < -0.4 is 10.1 Å². The Balaban J connectivity index is 1.81. The Morgan fingerprint density at radius 1 is 0.962 bits per heavy atom. The maximum Gasteiger partial charge on any atom is 0.347 e. The number of amides is 1. The Morgan fingerprint density at radius 2 is 1.65 bits per heavy atom. The molecule has 0 radical (unpaired) electrons. The summed E-state index contributed by atoms with van der Waals surface area (Å²) in [6.45, 7) is 7.47. The number of hydrogen-bond donors (Lipinski definition) is 1. The first-order valence-electron chi connectivity index (χ1n) is 8.62. The van der Waals surface area contributed by atoms with Crippen LogP contribution in [-0.2, 0) is 20.9 Å². The molecule has 0 fully saturated rings. The van der Waals surface area contributed by atoms with Crippen LogP contribution >= 0.6 is 0 Å². The van der Waals surface area contributed by atoms with Crippen molar-refractivity contribution < 1.29 is 19.1 Å². The van der Waals surface area contributed by atoms with Crippen LogP contribution in [0.1, 0.15) is 30.5 Å². The summed E-state index contributed by atoms with van der Waals surface area (Å²) in [4.78, 5) is 24.2. The molecular formula is C21H25NO4.